The number of hydrogen-bond acceptors (Lipinski definition) is 5. The van der Waals surface area contributed by atoms with Gasteiger partial charge in [-0.1, -0.05) is 0 Å². The van der Waals surface area contributed by atoms with Crippen molar-refractivity contribution in [2.45, 2.75) is 40.4 Å². The van der Waals surface area contributed by atoms with Crippen LogP contribution in [0.4, 0.5) is 5.69 Å². The van der Waals surface area contributed by atoms with E-state index in [0.29, 0.717) is 11.4 Å². The smallest absolute Gasteiger partial charge is 0.312 e. The Morgan fingerprint density at radius 1 is 1.43 bits per heavy atom. The number of rotatable bonds is 6. The van der Waals surface area contributed by atoms with E-state index in [0.717, 1.165) is 16.7 Å². The number of carbonyl (C=O) groups excluding carboxylic acids is 1. The number of nitrogens with zero attached hydrogens (tertiary/aromatic N) is 5. The molecule has 0 radical (unpaired) electrons. The Hall–Kier alpha value is -2.23. The van der Waals surface area contributed by atoms with Gasteiger partial charge in [0.05, 0.1) is 21.6 Å². The first kappa shape index (κ1) is 17.1. The summed E-state index contributed by atoms with van der Waals surface area (Å²) >= 11 is 3.39. The monoisotopic (exact) mass is 384 g/mol. The Morgan fingerprint density at radius 3 is 2.65 bits per heavy atom. The van der Waals surface area contributed by atoms with Gasteiger partial charge in [-0.05, 0) is 36.7 Å². The highest BCUT2D eigenvalue weighted by atomic mass is 79.9. The summed E-state index contributed by atoms with van der Waals surface area (Å²) in [5, 5.41) is 22.0. The van der Waals surface area contributed by atoms with Gasteiger partial charge in [0.1, 0.15) is 17.9 Å². The van der Waals surface area contributed by atoms with Crippen LogP contribution < -0.4 is 5.32 Å². The lowest BCUT2D eigenvalue weighted by Crippen LogP contribution is -2.28. The molecule has 0 unspecified atom stereocenters. The van der Waals surface area contributed by atoms with Crippen molar-refractivity contribution in [3.63, 3.8) is 0 Å². The maximum absolute atomic E-state index is 12.0. The van der Waals surface area contributed by atoms with Gasteiger partial charge < -0.3 is 5.32 Å². The standard InChI is InChI=1S/C13H17BrN6O3/c1-4-18-6-10(14)11(17-18)5-15-12(21)7-19-9(3)13(20(22)23)8(2)16-19/h6H,4-5,7H2,1-3H3,(H,15,21). The predicted octanol–water partition coefficient (Wildman–Crippen LogP) is 1.70. The molecule has 0 aliphatic carbocycles. The van der Waals surface area contributed by atoms with Gasteiger partial charge in [-0.2, -0.15) is 10.2 Å². The quantitative estimate of drug-likeness (QED) is 0.602. The lowest BCUT2D eigenvalue weighted by molar-refractivity contribution is -0.386. The largest absolute Gasteiger partial charge is 0.349 e. The van der Waals surface area contributed by atoms with Crippen molar-refractivity contribution in [3.8, 4) is 0 Å². The van der Waals surface area contributed by atoms with Crippen molar-refractivity contribution in [3.05, 3.63) is 37.9 Å². The topological polar surface area (TPSA) is 108 Å². The molecule has 0 bridgehead atoms. The highest BCUT2D eigenvalue weighted by molar-refractivity contribution is 9.10. The van der Waals surface area contributed by atoms with Crippen molar-refractivity contribution in [1.82, 2.24) is 24.9 Å². The zero-order chi connectivity index (χ0) is 17.1. The molecule has 0 atom stereocenters. The Kier molecular flexibility index (Phi) is 5.14. The molecule has 23 heavy (non-hydrogen) atoms. The number of aromatic nitrogens is 4. The summed E-state index contributed by atoms with van der Waals surface area (Å²) in [6.07, 6.45) is 1.84. The molecule has 124 valence electrons. The third kappa shape index (κ3) is 3.76. The summed E-state index contributed by atoms with van der Waals surface area (Å²) in [5.74, 6) is -0.288. The minimum atomic E-state index is -0.486. The summed E-state index contributed by atoms with van der Waals surface area (Å²) in [7, 11) is 0. The fourth-order valence-corrected chi connectivity index (χ4v) is 2.65. The molecule has 0 aromatic carbocycles. The molecular formula is C13H17BrN6O3. The molecule has 2 aromatic heterocycles. The van der Waals surface area contributed by atoms with E-state index < -0.39 is 4.92 Å². The predicted molar refractivity (Wildman–Crippen MR) is 85.8 cm³/mol. The van der Waals surface area contributed by atoms with Gasteiger partial charge in [-0.3, -0.25) is 24.3 Å². The van der Waals surface area contributed by atoms with Crippen LogP contribution in [0.15, 0.2) is 10.7 Å². The van der Waals surface area contributed by atoms with Gasteiger partial charge in [-0.15, -0.1) is 0 Å². The first-order valence-electron chi connectivity index (χ1n) is 7.00. The summed E-state index contributed by atoms with van der Waals surface area (Å²) < 4.78 is 3.92. The summed E-state index contributed by atoms with van der Waals surface area (Å²) in [6, 6.07) is 0. The van der Waals surface area contributed by atoms with Crippen LogP contribution in [0.3, 0.4) is 0 Å². The lowest BCUT2D eigenvalue weighted by Gasteiger charge is -2.05. The molecule has 0 spiro atoms. The summed E-state index contributed by atoms with van der Waals surface area (Å²) in [4.78, 5) is 22.5. The number of halogens is 1. The number of amides is 1. The number of hydrogen-bond donors (Lipinski definition) is 1. The number of nitro groups is 1. The molecule has 0 saturated carbocycles. The van der Waals surface area contributed by atoms with Crippen LogP contribution in [0.5, 0.6) is 0 Å². The third-order valence-electron chi connectivity index (χ3n) is 3.38. The number of carbonyl (C=O) groups is 1. The second-order valence-electron chi connectivity index (χ2n) is 4.99. The van der Waals surface area contributed by atoms with Crippen LogP contribution in [-0.2, 0) is 24.4 Å². The van der Waals surface area contributed by atoms with Crippen molar-refractivity contribution >= 4 is 27.5 Å². The van der Waals surface area contributed by atoms with E-state index in [1.165, 1.54) is 4.68 Å². The van der Waals surface area contributed by atoms with E-state index in [9.17, 15) is 14.9 Å². The fraction of sp³-hybridized carbons (Fsp3) is 0.462. The van der Waals surface area contributed by atoms with E-state index in [1.54, 1.807) is 18.5 Å². The molecule has 0 saturated heterocycles. The van der Waals surface area contributed by atoms with Gasteiger partial charge >= 0.3 is 5.69 Å². The molecule has 1 N–H and O–H groups in total. The molecule has 0 aliphatic rings. The van der Waals surface area contributed by atoms with Crippen molar-refractivity contribution in [2.75, 3.05) is 0 Å². The fourth-order valence-electron chi connectivity index (χ4n) is 2.20. The number of nitrogens with one attached hydrogen (secondary N) is 1. The van der Waals surface area contributed by atoms with Crippen LogP contribution >= 0.6 is 15.9 Å². The molecular weight excluding hydrogens is 368 g/mol. The molecule has 0 aliphatic heterocycles. The maximum atomic E-state index is 12.0. The zero-order valence-corrected chi connectivity index (χ0v) is 14.6. The Bertz CT molecular complexity index is 751. The SMILES string of the molecule is CCn1cc(Br)c(CNC(=O)Cn2nc(C)c([N+](=O)[O-])c2C)n1. The summed E-state index contributed by atoms with van der Waals surface area (Å²) in [5.41, 5.74) is 1.32. The van der Waals surface area contributed by atoms with Crippen molar-refractivity contribution < 1.29 is 9.72 Å². The second kappa shape index (κ2) is 6.90. The van der Waals surface area contributed by atoms with Gasteiger partial charge in [0.25, 0.3) is 0 Å². The molecule has 9 nitrogen and oxygen atoms in total. The maximum Gasteiger partial charge on any atom is 0.312 e. The van der Waals surface area contributed by atoms with Crippen molar-refractivity contribution in [1.29, 1.82) is 0 Å². The van der Waals surface area contributed by atoms with E-state index in [2.05, 4.69) is 31.4 Å². The summed E-state index contributed by atoms with van der Waals surface area (Å²) in [6.45, 7) is 6.03. The van der Waals surface area contributed by atoms with E-state index in [4.69, 9.17) is 0 Å². The van der Waals surface area contributed by atoms with Gasteiger partial charge in [-0.25, -0.2) is 0 Å². The van der Waals surface area contributed by atoms with E-state index in [1.807, 2.05) is 13.1 Å². The van der Waals surface area contributed by atoms with Crippen LogP contribution in [0.1, 0.15) is 24.0 Å². The molecule has 2 aromatic rings. The highest BCUT2D eigenvalue weighted by Gasteiger charge is 2.22. The first-order chi connectivity index (χ1) is 10.8. The van der Waals surface area contributed by atoms with Gasteiger partial charge in [0.15, 0.2) is 0 Å². The van der Waals surface area contributed by atoms with E-state index >= 15 is 0 Å². The minimum absolute atomic E-state index is 0.0535. The first-order valence-corrected chi connectivity index (χ1v) is 7.79. The molecule has 10 heteroatoms. The van der Waals surface area contributed by atoms with Crippen LogP contribution in [0.25, 0.3) is 0 Å². The lowest BCUT2D eigenvalue weighted by atomic mass is 10.3. The average Bonchev–Trinajstić information content (AvgIpc) is 2.97. The van der Waals surface area contributed by atoms with E-state index in [-0.39, 0.29) is 24.7 Å². The minimum Gasteiger partial charge on any atom is -0.349 e. The second-order valence-corrected chi connectivity index (χ2v) is 5.84. The third-order valence-corrected chi connectivity index (χ3v) is 4.05. The Labute approximate surface area is 140 Å². The Morgan fingerprint density at radius 2 is 2.13 bits per heavy atom. The molecule has 2 heterocycles. The zero-order valence-electron chi connectivity index (χ0n) is 13.0. The van der Waals surface area contributed by atoms with Crippen LogP contribution in [-0.4, -0.2) is 30.4 Å². The molecule has 0 fully saturated rings. The number of aryl methyl sites for hydroxylation is 2. The van der Waals surface area contributed by atoms with Gasteiger partial charge in [0, 0.05) is 12.7 Å². The molecule has 2 rings (SSSR count). The van der Waals surface area contributed by atoms with Crippen molar-refractivity contribution in [2.24, 2.45) is 0 Å². The highest BCUT2D eigenvalue weighted by Crippen LogP contribution is 2.21. The van der Waals surface area contributed by atoms with Crippen LogP contribution in [0, 0.1) is 24.0 Å². The average molecular weight is 385 g/mol. The Balaban J connectivity index is 2.01. The molecule has 1 amide bonds. The normalized spacial score (nSPS) is 10.8. The van der Waals surface area contributed by atoms with Crippen LogP contribution in [0.2, 0.25) is 0 Å². The van der Waals surface area contributed by atoms with Gasteiger partial charge in [0.2, 0.25) is 5.91 Å².